The first-order valence-corrected chi connectivity index (χ1v) is 6.15. The molecular formula is C15H16N2O. The van der Waals surface area contributed by atoms with Gasteiger partial charge >= 0.3 is 0 Å². The van der Waals surface area contributed by atoms with Crippen molar-refractivity contribution in [1.29, 1.82) is 5.26 Å². The Hall–Kier alpha value is -1.95. The van der Waals surface area contributed by atoms with Gasteiger partial charge in [0.15, 0.2) is 5.78 Å². The molecule has 1 aromatic rings. The van der Waals surface area contributed by atoms with Gasteiger partial charge in [0.2, 0.25) is 0 Å². The van der Waals surface area contributed by atoms with Crippen molar-refractivity contribution in [3.05, 3.63) is 35.2 Å². The monoisotopic (exact) mass is 240 g/mol. The van der Waals surface area contributed by atoms with Crippen molar-refractivity contribution >= 4 is 11.9 Å². The number of aromatic nitrogens is 1. The van der Waals surface area contributed by atoms with Crippen LogP contribution in [0.4, 0.5) is 0 Å². The summed E-state index contributed by atoms with van der Waals surface area (Å²) in [5, 5.41) is 8.80. The fourth-order valence-electron chi connectivity index (χ4n) is 2.29. The second kappa shape index (κ2) is 4.73. The minimum Gasteiger partial charge on any atom is -0.294 e. The lowest BCUT2D eigenvalue weighted by Gasteiger charge is -2.29. The number of allylic oxidation sites excluding steroid dienone is 1. The lowest BCUT2D eigenvalue weighted by molar-refractivity contribution is -0.124. The molecule has 0 amide bonds. The molecule has 0 spiro atoms. The largest absolute Gasteiger partial charge is 0.294 e. The van der Waals surface area contributed by atoms with Gasteiger partial charge in [0.05, 0.1) is 5.69 Å². The standard InChI is InChI=1S/C15H16N2O/c1-15(2)8-4-5-11(14(15)18)9-12-6-3-7-13(10-16)17-12/h3,6-7,9H,4-5,8H2,1-2H3/b11-9+. The maximum absolute atomic E-state index is 12.2. The summed E-state index contributed by atoms with van der Waals surface area (Å²) in [4.78, 5) is 16.4. The van der Waals surface area contributed by atoms with Crippen LogP contribution in [-0.4, -0.2) is 10.8 Å². The maximum Gasteiger partial charge on any atom is 0.164 e. The van der Waals surface area contributed by atoms with Gasteiger partial charge in [0.1, 0.15) is 11.8 Å². The fraction of sp³-hybridized carbons (Fsp3) is 0.400. The Kier molecular flexibility index (Phi) is 3.29. The average molecular weight is 240 g/mol. The molecule has 2 rings (SSSR count). The molecule has 0 saturated heterocycles. The van der Waals surface area contributed by atoms with Crippen LogP contribution in [0, 0.1) is 16.7 Å². The molecule has 0 unspecified atom stereocenters. The van der Waals surface area contributed by atoms with Crippen LogP contribution in [0.15, 0.2) is 23.8 Å². The molecule has 0 aliphatic heterocycles. The molecule has 1 aliphatic carbocycles. The number of pyridine rings is 1. The van der Waals surface area contributed by atoms with E-state index in [4.69, 9.17) is 5.26 Å². The van der Waals surface area contributed by atoms with Crippen LogP contribution < -0.4 is 0 Å². The lowest BCUT2D eigenvalue weighted by Crippen LogP contribution is -2.29. The zero-order chi connectivity index (χ0) is 13.2. The Bertz CT molecular complexity index is 550. The number of carbonyl (C=O) groups is 1. The van der Waals surface area contributed by atoms with E-state index < -0.39 is 0 Å². The SMILES string of the molecule is CC1(C)CCC/C(=C\c2cccc(C#N)n2)C1=O. The third-order valence-corrected chi connectivity index (χ3v) is 3.36. The van der Waals surface area contributed by atoms with E-state index in [-0.39, 0.29) is 11.2 Å². The predicted molar refractivity (Wildman–Crippen MR) is 69.6 cm³/mol. The van der Waals surface area contributed by atoms with Crippen molar-refractivity contribution in [3.63, 3.8) is 0 Å². The Morgan fingerprint density at radius 2 is 2.22 bits per heavy atom. The van der Waals surface area contributed by atoms with Gasteiger partial charge in [-0.3, -0.25) is 4.79 Å². The summed E-state index contributed by atoms with van der Waals surface area (Å²) in [6.45, 7) is 3.98. The number of nitriles is 1. The van der Waals surface area contributed by atoms with Crippen molar-refractivity contribution in [2.24, 2.45) is 5.41 Å². The van der Waals surface area contributed by atoms with Gasteiger partial charge in [-0.1, -0.05) is 19.9 Å². The molecule has 1 aliphatic rings. The molecule has 18 heavy (non-hydrogen) atoms. The van der Waals surface area contributed by atoms with Crippen molar-refractivity contribution in [2.75, 3.05) is 0 Å². The molecule has 1 fully saturated rings. The first-order valence-electron chi connectivity index (χ1n) is 6.15. The summed E-state index contributed by atoms with van der Waals surface area (Å²) < 4.78 is 0. The number of hydrogen-bond donors (Lipinski definition) is 0. The van der Waals surface area contributed by atoms with E-state index in [1.165, 1.54) is 0 Å². The molecule has 3 nitrogen and oxygen atoms in total. The minimum atomic E-state index is -0.267. The van der Waals surface area contributed by atoms with Crippen molar-refractivity contribution in [2.45, 2.75) is 33.1 Å². The third kappa shape index (κ3) is 2.48. The predicted octanol–water partition coefficient (Wildman–Crippen LogP) is 3.12. The van der Waals surface area contributed by atoms with Crippen molar-refractivity contribution in [1.82, 2.24) is 4.98 Å². The van der Waals surface area contributed by atoms with Crippen LogP contribution in [0.3, 0.4) is 0 Å². The average Bonchev–Trinajstić information content (AvgIpc) is 2.35. The molecule has 0 radical (unpaired) electrons. The van der Waals surface area contributed by atoms with Crippen LogP contribution in [0.5, 0.6) is 0 Å². The van der Waals surface area contributed by atoms with Crippen LogP contribution in [0.25, 0.3) is 6.08 Å². The van der Waals surface area contributed by atoms with E-state index >= 15 is 0 Å². The maximum atomic E-state index is 12.2. The first-order chi connectivity index (χ1) is 8.53. The summed E-state index contributed by atoms with van der Waals surface area (Å²) in [7, 11) is 0. The smallest absolute Gasteiger partial charge is 0.164 e. The van der Waals surface area contributed by atoms with Crippen LogP contribution in [0.1, 0.15) is 44.5 Å². The molecule has 0 aromatic carbocycles. The van der Waals surface area contributed by atoms with E-state index in [1.54, 1.807) is 12.1 Å². The highest BCUT2D eigenvalue weighted by Gasteiger charge is 2.33. The van der Waals surface area contributed by atoms with Gasteiger partial charge in [0.25, 0.3) is 0 Å². The molecule has 0 bridgehead atoms. The molecule has 0 N–H and O–H groups in total. The zero-order valence-electron chi connectivity index (χ0n) is 10.7. The second-order valence-corrected chi connectivity index (χ2v) is 5.30. The summed E-state index contributed by atoms with van der Waals surface area (Å²) in [6.07, 6.45) is 4.60. The van der Waals surface area contributed by atoms with Crippen molar-refractivity contribution < 1.29 is 4.79 Å². The van der Waals surface area contributed by atoms with E-state index in [9.17, 15) is 4.79 Å². The van der Waals surface area contributed by atoms with Crippen LogP contribution in [0.2, 0.25) is 0 Å². The van der Waals surface area contributed by atoms with Gasteiger partial charge < -0.3 is 0 Å². The highest BCUT2D eigenvalue weighted by molar-refractivity contribution is 6.03. The van der Waals surface area contributed by atoms with E-state index in [0.717, 1.165) is 24.8 Å². The second-order valence-electron chi connectivity index (χ2n) is 5.30. The third-order valence-electron chi connectivity index (χ3n) is 3.36. The number of carbonyl (C=O) groups excluding carboxylic acids is 1. The van der Waals surface area contributed by atoms with Gasteiger partial charge in [-0.15, -0.1) is 0 Å². The number of hydrogen-bond acceptors (Lipinski definition) is 3. The fourth-order valence-corrected chi connectivity index (χ4v) is 2.29. The number of Topliss-reactive ketones (excluding diaryl/α,β-unsaturated/α-hetero) is 1. The molecule has 92 valence electrons. The Labute approximate surface area is 107 Å². The molecular weight excluding hydrogens is 224 g/mol. The van der Waals surface area contributed by atoms with Gasteiger partial charge in [0, 0.05) is 5.41 Å². The quantitative estimate of drug-likeness (QED) is 0.709. The molecule has 3 heteroatoms. The summed E-state index contributed by atoms with van der Waals surface area (Å²) in [6, 6.07) is 7.28. The normalized spacial score (nSPS) is 20.7. The molecule has 0 atom stereocenters. The first kappa shape index (κ1) is 12.5. The van der Waals surface area contributed by atoms with Gasteiger partial charge in [-0.05, 0) is 43.0 Å². The topological polar surface area (TPSA) is 53.8 Å². The zero-order valence-corrected chi connectivity index (χ0v) is 10.7. The molecule has 1 heterocycles. The van der Waals surface area contributed by atoms with Gasteiger partial charge in [-0.25, -0.2) is 4.98 Å². The Morgan fingerprint density at radius 1 is 1.44 bits per heavy atom. The summed E-state index contributed by atoms with van der Waals surface area (Å²) in [5.41, 5.74) is 1.63. The lowest BCUT2D eigenvalue weighted by atomic mass is 9.73. The summed E-state index contributed by atoms with van der Waals surface area (Å²) >= 11 is 0. The van der Waals surface area contributed by atoms with E-state index in [1.807, 2.05) is 32.1 Å². The van der Waals surface area contributed by atoms with Crippen LogP contribution >= 0.6 is 0 Å². The molecule has 1 saturated carbocycles. The highest BCUT2D eigenvalue weighted by Crippen LogP contribution is 2.35. The van der Waals surface area contributed by atoms with E-state index in [2.05, 4.69) is 4.98 Å². The molecule has 1 aromatic heterocycles. The Morgan fingerprint density at radius 3 is 2.94 bits per heavy atom. The van der Waals surface area contributed by atoms with Crippen molar-refractivity contribution in [3.8, 4) is 6.07 Å². The highest BCUT2D eigenvalue weighted by atomic mass is 16.1. The van der Waals surface area contributed by atoms with Gasteiger partial charge in [-0.2, -0.15) is 5.26 Å². The number of rotatable bonds is 1. The minimum absolute atomic E-state index is 0.206. The van der Waals surface area contributed by atoms with Crippen LogP contribution in [-0.2, 0) is 4.79 Å². The number of ketones is 1. The number of nitrogens with zero attached hydrogens (tertiary/aromatic N) is 2. The Balaban J connectivity index is 2.33. The van der Waals surface area contributed by atoms with E-state index in [0.29, 0.717) is 11.4 Å². The summed E-state index contributed by atoms with van der Waals surface area (Å²) in [5.74, 6) is 0.206.